The normalized spacial score (nSPS) is 26.4. The fourth-order valence-electron chi connectivity index (χ4n) is 2.43. The molecule has 1 unspecified atom stereocenters. The first-order valence-electron chi connectivity index (χ1n) is 8.06. The van der Waals surface area contributed by atoms with Crippen molar-refractivity contribution in [2.75, 3.05) is 12.4 Å². The lowest BCUT2D eigenvalue weighted by Gasteiger charge is -2.11. The number of esters is 1. The molecule has 0 amide bonds. The van der Waals surface area contributed by atoms with Gasteiger partial charge in [-0.1, -0.05) is 45.4 Å². The Labute approximate surface area is 123 Å². The van der Waals surface area contributed by atoms with Crippen molar-refractivity contribution in [1.29, 1.82) is 0 Å². The number of ether oxygens (including phenoxy) is 1. The van der Waals surface area contributed by atoms with Gasteiger partial charge in [-0.05, 0) is 31.4 Å². The molecule has 112 valence electrons. The first kappa shape index (κ1) is 16.9. The molecule has 0 N–H and O–H groups in total. The van der Waals surface area contributed by atoms with Crippen molar-refractivity contribution in [2.45, 2.75) is 82.8 Å². The molecule has 2 nitrogen and oxygen atoms in total. The average molecular weight is 286 g/mol. The van der Waals surface area contributed by atoms with E-state index in [1.54, 1.807) is 0 Å². The predicted octanol–water partition coefficient (Wildman–Crippen LogP) is 4.96. The third kappa shape index (κ3) is 10.3. The van der Waals surface area contributed by atoms with Crippen molar-refractivity contribution in [1.82, 2.24) is 0 Å². The second-order valence-corrected chi connectivity index (χ2v) is 7.17. The van der Waals surface area contributed by atoms with Gasteiger partial charge in [-0.2, -0.15) is 11.8 Å². The largest absolute Gasteiger partial charge is 0.466 e. The smallest absolute Gasteiger partial charge is 0.305 e. The minimum Gasteiger partial charge on any atom is -0.466 e. The molecule has 1 aliphatic heterocycles. The van der Waals surface area contributed by atoms with Gasteiger partial charge < -0.3 is 4.74 Å². The van der Waals surface area contributed by atoms with Gasteiger partial charge in [0.1, 0.15) is 0 Å². The van der Waals surface area contributed by atoms with Crippen molar-refractivity contribution < 1.29 is 9.53 Å². The minimum atomic E-state index is 0.00428. The van der Waals surface area contributed by atoms with E-state index in [1.165, 1.54) is 50.7 Å². The SMILES string of the molecule is CC1CCCOC(=O)CCCCCCCCCCS1. The lowest BCUT2D eigenvalue weighted by atomic mass is 10.1. The summed E-state index contributed by atoms with van der Waals surface area (Å²) >= 11 is 2.08. The number of rotatable bonds is 0. The topological polar surface area (TPSA) is 26.3 Å². The van der Waals surface area contributed by atoms with E-state index in [4.69, 9.17) is 4.74 Å². The number of cyclic esters (lactones) is 1. The number of carbonyl (C=O) groups is 1. The van der Waals surface area contributed by atoms with Gasteiger partial charge in [0.05, 0.1) is 6.61 Å². The summed E-state index contributed by atoms with van der Waals surface area (Å²) in [6.07, 6.45) is 13.1. The molecule has 1 heterocycles. The van der Waals surface area contributed by atoms with Gasteiger partial charge in [-0.3, -0.25) is 4.79 Å². The van der Waals surface area contributed by atoms with Crippen LogP contribution in [0.15, 0.2) is 0 Å². The zero-order valence-electron chi connectivity index (χ0n) is 12.5. The number of hydrogen-bond donors (Lipinski definition) is 0. The molecule has 0 bridgehead atoms. The van der Waals surface area contributed by atoms with Crippen LogP contribution in [0.4, 0.5) is 0 Å². The maximum Gasteiger partial charge on any atom is 0.305 e. The van der Waals surface area contributed by atoms with Gasteiger partial charge in [0, 0.05) is 11.7 Å². The molecule has 0 aromatic heterocycles. The standard InChI is InChI=1S/C16H30O2S/c1-15-11-10-13-18-16(17)12-8-6-4-2-3-5-7-9-14-19-15/h15H,2-14H2,1H3. The van der Waals surface area contributed by atoms with Crippen LogP contribution >= 0.6 is 11.8 Å². The molecule has 0 radical (unpaired) electrons. The van der Waals surface area contributed by atoms with Crippen LogP contribution in [0.25, 0.3) is 0 Å². The maximum absolute atomic E-state index is 11.5. The first-order valence-corrected chi connectivity index (χ1v) is 9.11. The van der Waals surface area contributed by atoms with E-state index >= 15 is 0 Å². The van der Waals surface area contributed by atoms with E-state index in [1.807, 2.05) is 0 Å². The van der Waals surface area contributed by atoms with Crippen LogP contribution in [-0.4, -0.2) is 23.6 Å². The Kier molecular flexibility index (Phi) is 10.3. The van der Waals surface area contributed by atoms with Crippen LogP contribution in [0.1, 0.15) is 77.6 Å². The van der Waals surface area contributed by atoms with Crippen LogP contribution < -0.4 is 0 Å². The molecule has 1 atom stereocenters. The Morgan fingerprint density at radius 2 is 1.58 bits per heavy atom. The average Bonchev–Trinajstić information content (AvgIpc) is 2.40. The Morgan fingerprint density at radius 1 is 0.947 bits per heavy atom. The predicted molar refractivity (Wildman–Crippen MR) is 83.7 cm³/mol. The summed E-state index contributed by atoms with van der Waals surface area (Å²) in [6, 6.07) is 0. The third-order valence-electron chi connectivity index (χ3n) is 3.70. The van der Waals surface area contributed by atoms with Gasteiger partial charge >= 0.3 is 5.97 Å². The number of carbonyl (C=O) groups excluding carboxylic acids is 1. The summed E-state index contributed by atoms with van der Waals surface area (Å²) in [4.78, 5) is 11.5. The molecule has 1 saturated heterocycles. The van der Waals surface area contributed by atoms with Crippen LogP contribution in [-0.2, 0) is 9.53 Å². The summed E-state index contributed by atoms with van der Waals surface area (Å²) in [5.41, 5.74) is 0. The summed E-state index contributed by atoms with van der Waals surface area (Å²) in [6.45, 7) is 2.91. The van der Waals surface area contributed by atoms with Crippen LogP contribution in [0, 0.1) is 0 Å². The Bertz CT molecular complexity index is 231. The highest BCUT2D eigenvalue weighted by Gasteiger charge is 2.06. The molecule has 0 aromatic carbocycles. The molecule has 1 aliphatic rings. The van der Waals surface area contributed by atoms with Crippen molar-refractivity contribution in [2.24, 2.45) is 0 Å². The molecule has 3 heteroatoms. The Morgan fingerprint density at radius 3 is 2.32 bits per heavy atom. The Balaban J connectivity index is 2.20. The molecular formula is C16H30O2S. The molecular weight excluding hydrogens is 256 g/mol. The zero-order valence-corrected chi connectivity index (χ0v) is 13.3. The Hall–Kier alpha value is -0.180. The van der Waals surface area contributed by atoms with Crippen molar-refractivity contribution in [3.05, 3.63) is 0 Å². The molecule has 0 spiro atoms. The van der Waals surface area contributed by atoms with Gasteiger partial charge in [0.15, 0.2) is 0 Å². The van der Waals surface area contributed by atoms with E-state index in [-0.39, 0.29) is 5.97 Å². The lowest BCUT2D eigenvalue weighted by Crippen LogP contribution is -2.07. The fourth-order valence-corrected chi connectivity index (χ4v) is 3.54. The van der Waals surface area contributed by atoms with Crippen molar-refractivity contribution in [3.63, 3.8) is 0 Å². The van der Waals surface area contributed by atoms with Gasteiger partial charge in [0.25, 0.3) is 0 Å². The quantitative estimate of drug-likeness (QED) is 0.589. The summed E-state index contributed by atoms with van der Waals surface area (Å²) in [5, 5.41) is 0.703. The molecule has 19 heavy (non-hydrogen) atoms. The van der Waals surface area contributed by atoms with E-state index < -0.39 is 0 Å². The minimum absolute atomic E-state index is 0.00428. The van der Waals surface area contributed by atoms with Crippen LogP contribution in [0.5, 0.6) is 0 Å². The van der Waals surface area contributed by atoms with E-state index in [9.17, 15) is 4.79 Å². The van der Waals surface area contributed by atoms with E-state index in [2.05, 4.69) is 18.7 Å². The molecule has 0 saturated carbocycles. The molecule has 0 aliphatic carbocycles. The highest BCUT2D eigenvalue weighted by molar-refractivity contribution is 7.99. The monoisotopic (exact) mass is 286 g/mol. The van der Waals surface area contributed by atoms with Gasteiger partial charge in [0.2, 0.25) is 0 Å². The van der Waals surface area contributed by atoms with Crippen LogP contribution in [0.3, 0.4) is 0 Å². The number of thioether (sulfide) groups is 1. The van der Waals surface area contributed by atoms with Gasteiger partial charge in [-0.25, -0.2) is 0 Å². The van der Waals surface area contributed by atoms with Crippen LogP contribution in [0.2, 0.25) is 0 Å². The van der Waals surface area contributed by atoms with E-state index in [0.29, 0.717) is 18.3 Å². The summed E-state index contributed by atoms with van der Waals surface area (Å²) in [7, 11) is 0. The third-order valence-corrected chi connectivity index (χ3v) is 5.02. The second-order valence-electron chi connectivity index (χ2n) is 5.62. The van der Waals surface area contributed by atoms with E-state index in [0.717, 1.165) is 19.3 Å². The highest BCUT2D eigenvalue weighted by atomic mass is 32.2. The maximum atomic E-state index is 11.5. The van der Waals surface area contributed by atoms with Crippen molar-refractivity contribution >= 4 is 17.7 Å². The molecule has 1 rings (SSSR count). The summed E-state index contributed by atoms with van der Waals surface area (Å²) in [5.74, 6) is 1.30. The second kappa shape index (κ2) is 11.6. The first-order chi connectivity index (χ1) is 9.29. The molecule has 1 fully saturated rings. The van der Waals surface area contributed by atoms with Crippen molar-refractivity contribution in [3.8, 4) is 0 Å². The zero-order chi connectivity index (χ0) is 13.8. The summed E-state index contributed by atoms with van der Waals surface area (Å²) < 4.78 is 5.27. The highest BCUT2D eigenvalue weighted by Crippen LogP contribution is 2.19. The fraction of sp³-hybridized carbons (Fsp3) is 0.938. The number of hydrogen-bond acceptors (Lipinski definition) is 3. The van der Waals surface area contributed by atoms with Gasteiger partial charge in [-0.15, -0.1) is 0 Å². The molecule has 0 aromatic rings. The lowest BCUT2D eigenvalue weighted by molar-refractivity contribution is -0.143.